The SMILES string of the molecule is CC[C@H](C(=O)NC(C)C)N(Cc1ccccc1C)C(=O)CCCN(c1ccccc1C)S(C)(=O)=O. The van der Waals surface area contributed by atoms with E-state index in [9.17, 15) is 18.0 Å². The van der Waals surface area contributed by atoms with Gasteiger partial charge in [0.05, 0.1) is 11.9 Å². The summed E-state index contributed by atoms with van der Waals surface area (Å²) in [5.74, 6) is -0.348. The Hall–Kier alpha value is -2.87. The first kappa shape index (κ1) is 28.4. The van der Waals surface area contributed by atoms with Crippen LogP contribution in [0.1, 0.15) is 56.7 Å². The van der Waals surface area contributed by atoms with Gasteiger partial charge in [0.25, 0.3) is 0 Å². The zero-order valence-electron chi connectivity index (χ0n) is 21.7. The highest BCUT2D eigenvalue weighted by atomic mass is 32.2. The van der Waals surface area contributed by atoms with Crippen LogP contribution in [0.4, 0.5) is 5.69 Å². The molecule has 0 aliphatic heterocycles. The predicted molar refractivity (Wildman–Crippen MR) is 142 cm³/mol. The topological polar surface area (TPSA) is 86.8 Å². The number of anilines is 1. The van der Waals surface area contributed by atoms with E-state index in [2.05, 4.69) is 5.32 Å². The van der Waals surface area contributed by atoms with Crippen molar-refractivity contribution >= 4 is 27.5 Å². The number of hydrogen-bond acceptors (Lipinski definition) is 4. The molecule has 0 heterocycles. The maximum atomic E-state index is 13.5. The van der Waals surface area contributed by atoms with Crippen LogP contribution in [0.25, 0.3) is 0 Å². The Bertz CT molecular complexity index is 1110. The maximum absolute atomic E-state index is 13.5. The fourth-order valence-electron chi connectivity index (χ4n) is 4.10. The van der Waals surface area contributed by atoms with Gasteiger partial charge in [-0.25, -0.2) is 8.42 Å². The highest BCUT2D eigenvalue weighted by Crippen LogP contribution is 2.23. The predicted octanol–water partition coefficient (Wildman–Crippen LogP) is 4.18. The normalized spacial score (nSPS) is 12.3. The third-order valence-electron chi connectivity index (χ3n) is 5.96. The van der Waals surface area contributed by atoms with Crippen LogP contribution in [0, 0.1) is 13.8 Å². The fraction of sp³-hybridized carbons (Fsp3) is 0.481. The summed E-state index contributed by atoms with van der Waals surface area (Å²) in [5.41, 5.74) is 3.49. The zero-order valence-corrected chi connectivity index (χ0v) is 22.6. The van der Waals surface area contributed by atoms with Crippen LogP contribution in [-0.2, 0) is 26.2 Å². The number of para-hydroxylation sites is 1. The molecular weight excluding hydrogens is 462 g/mol. The fourth-order valence-corrected chi connectivity index (χ4v) is 5.12. The number of amides is 2. The number of hydrogen-bond donors (Lipinski definition) is 1. The minimum absolute atomic E-state index is 0.0376. The summed E-state index contributed by atoms with van der Waals surface area (Å²) in [6, 6.07) is 14.5. The van der Waals surface area contributed by atoms with E-state index in [1.807, 2.05) is 71.0 Å². The van der Waals surface area contributed by atoms with Gasteiger partial charge in [-0.15, -0.1) is 0 Å². The summed E-state index contributed by atoms with van der Waals surface area (Å²) < 4.78 is 26.3. The first-order valence-corrected chi connectivity index (χ1v) is 14.0. The van der Waals surface area contributed by atoms with Crippen molar-refractivity contribution < 1.29 is 18.0 Å². The Morgan fingerprint density at radius 1 is 0.971 bits per heavy atom. The Labute approximate surface area is 210 Å². The van der Waals surface area contributed by atoms with Gasteiger partial charge >= 0.3 is 0 Å². The van der Waals surface area contributed by atoms with E-state index >= 15 is 0 Å². The number of sulfonamides is 1. The Kier molecular flexibility index (Phi) is 10.3. The summed E-state index contributed by atoms with van der Waals surface area (Å²) in [7, 11) is -3.52. The van der Waals surface area contributed by atoms with Gasteiger partial charge in [-0.1, -0.05) is 49.4 Å². The number of nitrogens with zero attached hydrogens (tertiary/aromatic N) is 2. The molecule has 1 N–H and O–H groups in total. The van der Waals surface area contributed by atoms with Crippen LogP contribution in [0.3, 0.4) is 0 Å². The summed E-state index contributed by atoms with van der Waals surface area (Å²) in [6.07, 6.45) is 2.13. The van der Waals surface area contributed by atoms with Gasteiger partial charge in [-0.3, -0.25) is 13.9 Å². The molecule has 0 saturated carbocycles. The Balaban J connectivity index is 2.24. The van der Waals surface area contributed by atoms with E-state index in [0.29, 0.717) is 25.1 Å². The minimum Gasteiger partial charge on any atom is -0.352 e. The smallest absolute Gasteiger partial charge is 0.243 e. The second-order valence-corrected chi connectivity index (χ2v) is 11.2. The molecule has 192 valence electrons. The van der Waals surface area contributed by atoms with Crippen LogP contribution in [0.15, 0.2) is 48.5 Å². The first-order chi connectivity index (χ1) is 16.5. The van der Waals surface area contributed by atoms with E-state index in [4.69, 9.17) is 0 Å². The van der Waals surface area contributed by atoms with Crippen molar-refractivity contribution in [2.24, 2.45) is 0 Å². The van der Waals surface area contributed by atoms with Crippen molar-refractivity contribution in [1.82, 2.24) is 10.2 Å². The maximum Gasteiger partial charge on any atom is 0.243 e. The molecule has 0 radical (unpaired) electrons. The molecular formula is C27H39N3O4S. The third kappa shape index (κ3) is 8.09. The minimum atomic E-state index is -3.52. The third-order valence-corrected chi connectivity index (χ3v) is 7.14. The standard InChI is InChI=1S/C27H39N3O4S/c1-7-24(27(32)28-20(2)3)29(19-23-15-10-8-13-21(23)4)26(31)17-12-18-30(35(6,33)34)25-16-11-9-14-22(25)5/h8-11,13-16,20,24H,7,12,17-19H2,1-6H3,(H,28,32)/t24-/m1/s1. The zero-order chi connectivity index (χ0) is 26.2. The number of rotatable bonds is 12. The molecule has 8 heteroatoms. The molecule has 0 bridgehead atoms. The molecule has 2 amide bonds. The van der Waals surface area contributed by atoms with Crippen molar-refractivity contribution in [3.8, 4) is 0 Å². The summed E-state index contributed by atoms with van der Waals surface area (Å²) in [5, 5.41) is 2.93. The van der Waals surface area contributed by atoms with Gasteiger partial charge in [-0.2, -0.15) is 0 Å². The number of aryl methyl sites for hydroxylation is 2. The lowest BCUT2D eigenvalue weighted by atomic mass is 10.0. The van der Waals surface area contributed by atoms with Crippen LogP contribution in [-0.4, -0.2) is 50.0 Å². The number of carbonyl (C=O) groups excluding carboxylic acids is 2. The molecule has 2 aromatic rings. The highest BCUT2D eigenvalue weighted by Gasteiger charge is 2.29. The highest BCUT2D eigenvalue weighted by molar-refractivity contribution is 7.92. The molecule has 0 saturated heterocycles. The van der Waals surface area contributed by atoms with E-state index < -0.39 is 16.1 Å². The van der Waals surface area contributed by atoms with Crippen molar-refractivity contribution in [3.63, 3.8) is 0 Å². The molecule has 0 aliphatic carbocycles. The molecule has 0 unspecified atom stereocenters. The van der Waals surface area contributed by atoms with E-state index in [0.717, 1.165) is 16.7 Å². The monoisotopic (exact) mass is 501 g/mol. The van der Waals surface area contributed by atoms with Crippen LogP contribution in [0.5, 0.6) is 0 Å². The summed E-state index contributed by atoms with van der Waals surface area (Å²) in [6.45, 7) is 10.0. The van der Waals surface area contributed by atoms with Crippen molar-refractivity contribution in [2.75, 3.05) is 17.1 Å². The second kappa shape index (κ2) is 12.7. The molecule has 0 aromatic heterocycles. The van der Waals surface area contributed by atoms with Gasteiger partial charge in [0.2, 0.25) is 21.8 Å². The van der Waals surface area contributed by atoms with Crippen molar-refractivity contribution in [1.29, 1.82) is 0 Å². The second-order valence-electron chi connectivity index (χ2n) is 9.26. The lowest BCUT2D eigenvalue weighted by molar-refractivity contribution is -0.141. The largest absolute Gasteiger partial charge is 0.352 e. The molecule has 0 fully saturated rings. The molecule has 2 rings (SSSR count). The lowest BCUT2D eigenvalue weighted by Gasteiger charge is -2.32. The molecule has 2 aromatic carbocycles. The van der Waals surface area contributed by atoms with Gasteiger partial charge in [0.15, 0.2) is 0 Å². The summed E-state index contributed by atoms with van der Waals surface area (Å²) >= 11 is 0. The van der Waals surface area contributed by atoms with Gasteiger partial charge in [0, 0.05) is 25.6 Å². The van der Waals surface area contributed by atoms with Crippen molar-refractivity contribution in [2.45, 2.75) is 72.5 Å². The number of benzene rings is 2. The first-order valence-electron chi connectivity index (χ1n) is 12.1. The Morgan fingerprint density at radius 2 is 1.57 bits per heavy atom. The van der Waals surface area contributed by atoms with Gasteiger partial charge < -0.3 is 10.2 Å². The quantitative estimate of drug-likeness (QED) is 0.473. The van der Waals surface area contributed by atoms with Gasteiger partial charge in [-0.05, 0) is 63.3 Å². The molecule has 35 heavy (non-hydrogen) atoms. The van der Waals surface area contributed by atoms with E-state index in [1.165, 1.54) is 10.6 Å². The van der Waals surface area contributed by atoms with Crippen LogP contribution < -0.4 is 9.62 Å². The van der Waals surface area contributed by atoms with E-state index in [-0.39, 0.29) is 30.8 Å². The van der Waals surface area contributed by atoms with Crippen molar-refractivity contribution in [3.05, 3.63) is 65.2 Å². The van der Waals surface area contributed by atoms with Crippen LogP contribution >= 0.6 is 0 Å². The lowest BCUT2D eigenvalue weighted by Crippen LogP contribution is -2.50. The Morgan fingerprint density at radius 3 is 2.11 bits per heavy atom. The van der Waals surface area contributed by atoms with Crippen LogP contribution in [0.2, 0.25) is 0 Å². The van der Waals surface area contributed by atoms with Gasteiger partial charge in [0.1, 0.15) is 6.04 Å². The molecule has 0 spiro atoms. The molecule has 7 nitrogen and oxygen atoms in total. The average molecular weight is 502 g/mol. The molecule has 1 atom stereocenters. The average Bonchev–Trinajstić information content (AvgIpc) is 2.77. The number of nitrogens with one attached hydrogen (secondary N) is 1. The molecule has 0 aliphatic rings. The van der Waals surface area contributed by atoms with E-state index in [1.54, 1.807) is 17.0 Å². The summed E-state index contributed by atoms with van der Waals surface area (Å²) in [4.78, 5) is 28.0. The number of carbonyl (C=O) groups is 2.